The van der Waals surface area contributed by atoms with Crippen LogP contribution in [0.15, 0.2) is 57.5 Å². The van der Waals surface area contributed by atoms with Crippen molar-refractivity contribution in [3.63, 3.8) is 0 Å². The molecule has 2 aromatic rings. The number of hydrogen-bond donors (Lipinski definition) is 2. The Morgan fingerprint density at radius 2 is 1.73 bits per heavy atom. The van der Waals surface area contributed by atoms with Crippen molar-refractivity contribution in [1.82, 2.24) is 5.32 Å². The minimum absolute atomic E-state index is 0.103. The van der Waals surface area contributed by atoms with Crippen molar-refractivity contribution < 1.29 is 14.3 Å². The summed E-state index contributed by atoms with van der Waals surface area (Å²) in [6, 6.07) is 15.0. The molecule has 0 heterocycles. The van der Waals surface area contributed by atoms with E-state index in [1.165, 1.54) is 0 Å². The number of benzene rings is 2. The third-order valence-corrected chi connectivity index (χ3v) is 4.59. The average Bonchev–Trinajstić information content (AvgIpc) is 2.60. The summed E-state index contributed by atoms with van der Waals surface area (Å²) < 4.78 is 7.03. The number of amides is 1. The van der Waals surface area contributed by atoms with Gasteiger partial charge >= 0.3 is 5.97 Å². The van der Waals surface area contributed by atoms with E-state index in [9.17, 15) is 9.59 Å². The normalized spacial score (nSPS) is 11.7. The van der Waals surface area contributed by atoms with E-state index in [0.717, 1.165) is 14.5 Å². The van der Waals surface area contributed by atoms with Gasteiger partial charge in [0, 0.05) is 33.9 Å². The topological polar surface area (TPSA) is 81.4 Å². The van der Waals surface area contributed by atoms with Crippen molar-refractivity contribution in [3.8, 4) is 0 Å². The molecule has 0 aromatic heterocycles. The molecule has 0 fully saturated rings. The van der Waals surface area contributed by atoms with Gasteiger partial charge < -0.3 is 10.1 Å². The summed E-state index contributed by atoms with van der Waals surface area (Å²) >= 11 is 6.74. The van der Waals surface area contributed by atoms with Gasteiger partial charge in [0.05, 0.1) is 0 Å². The van der Waals surface area contributed by atoms with Gasteiger partial charge in [0.15, 0.2) is 6.23 Å². The number of carbonyl (C=O) groups is 2. The van der Waals surface area contributed by atoms with Crippen LogP contribution in [0, 0.1) is 0 Å². The minimum atomic E-state index is -0.814. The number of nitrogens with one attached hydrogen (secondary N) is 1. The van der Waals surface area contributed by atoms with Gasteiger partial charge in [-0.15, -0.1) is 0 Å². The number of rotatable bonds is 8. The van der Waals surface area contributed by atoms with E-state index in [4.69, 9.17) is 10.5 Å². The maximum Gasteiger partial charge on any atom is 0.307 e. The highest BCUT2D eigenvalue weighted by Gasteiger charge is 2.13. The fourth-order valence-corrected chi connectivity index (χ4v) is 3.14. The van der Waals surface area contributed by atoms with Crippen LogP contribution < -0.4 is 11.1 Å². The molecule has 0 bridgehead atoms. The Hall–Kier alpha value is -1.70. The van der Waals surface area contributed by atoms with Crippen molar-refractivity contribution in [2.45, 2.75) is 32.0 Å². The number of carbonyl (C=O) groups excluding carboxylic acids is 2. The first-order valence-corrected chi connectivity index (χ1v) is 9.74. The van der Waals surface area contributed by atoms with Crippen LogP contribution >= 0.6 is 31.9 Å². The zero-order valence-corrected chi connectivity index (χ0v) is 17.3. The lowest BCUT2D eigenvalue weighted by Gasteiger charge is -2.13. The van der Waals surface area contributed by atoms with Gasteiger partial charge in [-0.05, 0) is 36.2 Å². The zero-order valence-electron chi connectivity index (χ0n) is 14.1. The molecule has 0 spiro atoms. The summed E-state index contributed by atoms with van der Waals surface area (Å²) in [6.07, 6.45) is 0.000582. The monoisotopic (exact) mass is 482 g/mol. The summed E-state index contributed by atoms with van der Waals surface area (Å²) in [5.74, 6) is -0.522. The molecule has 26 heavy (non-hydrogen) atoms. The lowest BCUT2D eigenvalue weighted by atomic mass is 10.2. The van der Waals surface area contributed by atoms with Crippen LogP contribution in [-0.4, -0.2) is 11.9 Å². The van der Waals surface area contributed by atoms with E-state index in [1.54, 1.807) is 12.1 Å². The molecule has 3 N–H and O–H groups in total. The van der Waals surface area contributed by atoms with Gasteiger partial charge in [0.1, 0.15) is 0 Å². The summed E-state index contributed by atoms with van der Waals surface area (Å²) in [4.78, 5) is 23.7. The first-order valence-electron chi connectivity index (χ1n) is 8.15. The largest absolute Gasteiger partial charge is 0.442 e. The summed E-state index contributed by atoms with van der Waals surface area (Å²) in [5, 5.41) is 2.83. The second-order valence-electron chi connectivity index (χ2n) is 5.73. The molecule has 0 aliphatic carbocycles. The first-order chi connectivity index (χ1) is 12.4. The number of halogens is 2. The van der Waals surface area contributed by atoms with Gasteiger partial charge in [0.25, 0.3) is 0 Å². The highest BCUT2D eigenvalue weighted by molar-refractivity contribution is 9.10. The van der Waals surface area contributed by atoms with Crippen LogP contribution in [0.25, 0.3) is 0 Å². The van der Waals surface area contributed by atoms with Crippen LogP contribution in [0.4, 0.5) is 0 Å². The molecule has 1 amide bonds. The SMILES string of the molecule is NC(OC(=O)CCCC(=O)NCc1cccc(Br)c1)c1cccc(Br)c1. The van der Waals surface area contributed by atoms with Crippen molar-refractivity contribution in [1.29, 1.82) is 0 Å². The summed E-state index contributed by atoms with van der Waals surface area (Å²) in [7, 11) is 0. The fraction of sp³-hybridized carbons (Fsp3) is 0.263. The van der Waals surface area contributed by atoms with Gasteiger partial charge in [-0.3, -0.25) is 15.3 Å². The molecule has 1 atom stereocenters. The van der Waals surface area contributed by atoms with Gasteiger partial charge in [-0.1, -0.05) is 56.1 Å². The van der Waals surface area contributed by atoms with Gasteiger partial charge in [0.2, 0.25) is 5.91 Å². The Kier molecular flexibility index (Phi) is 8.28. The molecule has 0 aliphatic heterocycles. The van der Waals surface area contributed by atoms with Crippen LogP contribution in [-0.2, 0) is 20.9 Å². The molecule has 2 rings (SSSR count). The van der Waals surface area contributed by atoms with E-state index in [1.807, 2.05) is 36.4 Å². The molecule has 2 aromatic carbocycles. The van der Waals surface area contributed by atoms with E-state index < -0.39 is 12.2 Å². The van der Waals surface area contributed by atoms with Gasteiger partial charge in [-0.2, -0.15) is 0 Å². The molecule has 0 radical (unpaired) electrons. The van der Waals surface area contributed by atoms with E-state index in [2.05, 4.69) is 37.2 Å². The minimum Gasteiger partial charge on any atom is -0.442 e. The van der Waals surface area contributed by atoms with Crippen LogP contribution in [0.2, 0.25) is 0 Å². The van der Waals surface area contributed by atoms with Crippen molar-refractivity contribution in [2.24, 2.45) is 5.73 Å². The smallest absolute Gasteiger partial charge is 0.307 e. The molecule has 7 heteroatoms. The van der Waals surface area contributed by atoms with Crippen LogP contribution in [0.5, 0.6) is 0 Å². The zero-order chi connectivity index (χ0) is 18.9. The van der Waals surface area contributed by atoms with E-state index in [0.29, 0.717) is 18.5 Å². The molecule has 138 valence electrons. The number of esters is 1. The Balaban J connectivity index is 1.66. The average molecular weight is 484 g/mol. The highest BCUT2D eigenvalue weighted by atomic mass is 79.9. The quantitative estimate of drug-likeness (QED) is 0.435. The van der Waals surface area contributed by atoms with E-state index in [-0.39, 0.29) is 18.7 Å². The highest BCUT2D eigenvalue weighted by Crippen LogP contribution is 2.18. The Labute approximate surface area is 169 Å². The second kappa shape index (κ2) is 10.4. The summed E-state index contributed by atoms with van der Waals surface area (Å²) in [5.41, 5.74) is 7.59. The number of ether oxygens (including phenoxy) is 1. The van der Waals surface area contributed by atoms with E-state index >= 15 is 0 Å². The Morgan fingerprint density at radius 1 is 1.04 bits per heavy atom. The maximum absolute atomic E-state index is 11.9. The Morgan fingerprint density at radius 3 is 2.42 bits per heavy atom. The number of nitrogens with two attached hydrogens (primary N) is 1. The first kappa shape index (κ1) is 20.6. The molecule has 0 saturated carbocycles. The molecular weight excluding hydrogens is 464 g/mol. The lowest BCUT2D eigenvalue weighted by molar-refractivity contribution is -0.149. The van der Waals surface area contributed by atoms with Crippen molar-refractivity contribution in [3.05, 3.63) is 68.6 Å². The summed E-state index contributed by atoms with van der Waals surface area (Å²) in [6.45, 7) is 0.455. The van der Waals surface area contributed by atoms with Crippen LogP contribution in [0.1, 0.15) is 36.6 Å². The predicted octanol–water partition coefficient (Wildman–Crippen LogP) is 4.20. The molecule has 5 nitrogen and oxygen atoms in total. The molecule has 0 saturated heterocycles. The fourth-order valence-electron chi connectivity index (χ4n) is 2.28. The van der Waals surface area contributed by atoms with Crippen LogP contribution in [0.3, 0.4) is 0 Å². The second-order valence-corrected chi connectivity index (χ2v) is 7.56. The molecule has 1 unspecified atom stereocenters. The predicted molar refractivity (Wildman–Crippen MR) is 107 cm³/mol. The standard InChI is InChI=1S/C19H20Br2N2O3/c20-15-6-1-4-13(10-15)12-23-17(24)8-3-9-18(25)26-19(22)14-5-2-7-16(21)11-14/h1-2,4-7,10-11,19H,3,8-9,12,22H2,(H,23,24). The van der Waals surface area contributed by atoms with Crippen molar-refractivity contribution in [2.75, 3.05) is 0 Å². The van der Waals surface area contributed by atoms with Gasteiger partial charge in [-0.25, -0.2) is 0 Å². The Bertz CT molecular complexity index is 768. The third-order valence-electron chi connectivity index (χ3n) is 3.60. The van der Waals surface area contributed by atoms with Crippen molar-refractivity contribution >= 4 is 43.7 Å². The maximum atomic E-state index is 11.9. The number of hydrogen-bond acceptors (Lipinski definition) is 4. The molecule has 0 aliphatic rings. The molecular formula is C19H20Br2N2O3. The lowest BCUT2D eigenvalue weighted by Crippen LogP contribution is -2.23. The third kappa shape index (κ3) is 7.27.